The van der Waals surface area contributed by atoms with Gasteiger partial charge in [-0.05, 0) is 67.4 Å². The Morgan fingerprint density at radius 1 is 0.975 bits per heavy atom. The Labute approximate surface area is 232 Å². The first-order valence-corrected chi connectivity index (χ1v) is 13.5. The molecule has 0 saturated heterocycles. The first-order valence-electron chi connectivity index (χ1n) is 13.5. The van der Waals surface area contributed by atoms with Crippen molar-refractivity contribution in [3.63, 3.8) is 0 Å². The third-order valence-electron chi connectivity index (χ3n) is 7.18. The number of urea groups is 1. The molecule has 1 atom stereocenters. The summed E-state index contributed by atoms with van der Waals surface area (Å²) in [5, 5.41) is 8.08. The van der Waals surface area contributed by atoms with E-state index in [9.17, 15) is 9.18 Å². The predicted octanol–water partition coefficient (Wildman–Crippen LogP) is 6.90. The molecule has 6 rings (SSSR count). The molecule has 5 aromatic rings. The lowest BCUT2D eigenvalue weighted by molar-refractivity contribution is 0.194. The Bertz CT molecular complexity index is 1640. The highest BCUT2D eigenvalue weighted by Crippen LogP contribution is 2.39. The number of para-hydroxylation sites is 3. The van der Waals surface area contributed by atoms with Gasteiger partial charge in [0, 0.05) is 11.8 Å². The average molecular weight is 536 g/mol. The molecule has 0 saturated carbocycles. The summed E-state index contributed by atoms with van der Waals surface area (Å²) in [7, 11) is 0. The molecule has 0 radical (unpaired) electrons. The molecule has 8 heteroatoms. The van der Waals surface area contributed by atoms with E-state index in [2.05, 4.69) is 16.8 Å². The Kier molecular flexibility index (Phi) is 6.82. The van der Waals surface area contributed by atoms with Crippen molar-refractivity contribution in [2.75, 3.05) is 11.9 Å². The van der Waals surface area contributed by atoms with Gasteiger partial charge in [0.25, 0.3) is 0 Å². The summed E-state index contributed by atoms with van der Waals surface area (Å²) >= 11 is 0. The van der Waals surface area contributed by atoms with E-state index < -0.39 is 6.04 Å². The zero-order chi connectivity index (χ0) is 27.6. The highest BCUT2D eigenvalue weighted by atomic mass is 19.1. The fraction of sp³-hybridized carbons (Fsp3) is 0.188. The molecule has 2 amide bonds. The second kappa shape index (κ2) is 10.7. The number of aromatic nitrogens is 3. The number of carbonyl (C=O) groups is 1. The minimum atomic E-state index is -0.490. The van der Waals surface area contributed by atoms with Gasteiger partial charge in [-0.2, -0.15) is 5.10 Å². The Morgan fingerprint density at radius 2 is 1.73 bits per heavy atom. The summed E-state index contributed by atoms with van der Waals surface area (Å²) in [5.74, 6) is 1.16. The van der Waals surface area contributed by atoms with Crippen LogP contribution in [-0.2, 0) is 13.0 Å². The number of carbonyl (C=O) groups excluding carboxylic acids is 1. The van der Waals surface area contributed by atoms with Gasteiger partial charge in [0.05, 0.1) is 42.0 Å². The lowest BCUT2D eigenvalue weighted by Gasteiger charge is -2.31. The maximum atomic E-state index is 14.2. The van der Waals surface area contributed by atoms with E-state index in [4.69, 9.17) is 9.84 Å². The predicted molar refractivity (Wildman–Crippen MR) is 153 cm³/mol. The Hall–Kier alpha value is -4.85. The third-order valence-corrected chi connectivity index (χ3v) is 7.18. The molecule has 0 spiro atoms. The molecule has 0 fully saturated rings. The fourth-order valence-electron chi connectivity index (χ4n) is 5.38. The molecule has 0 bridgehead atoms. The van der Waals surface area contributed by atoms with Gasteiger partial charge in [0.15, 0.2) is 0 Å². The lowest BCUT2D eigenvalue weighted by atomic mass is 10.0. The van der Waals surface area contributed by atoms with Crippen molar-refractivity contribution in [3.8, 4) is 17.3 Å². The number of ether oxygens (including phenoxy) is 1. The van der Waals surface area contributed by atoms with Crippen LogP contribution in [0.25, 0.3) is 11.5 Å². The van der Waals surface area contributed by atoms with Crippen LogP contribution in [-0.4, -0.2) is 31.9 Å². The minimum absolute atomic E-state index is 0.295. The van der Waals surface area contributed by atoms with Crippen molar-refractivity contribution in [2.24, 2.45) is 0 Å². The van der Waals surface area contributed by atoms with Crippen molar-refractivity contribution in [3.05, 3.63) is 126 Å². The Balaban J connectivity index is 1.53. The number of amides is 2. The summed E-state index contributed by atoms with van der Waals surface area (Å²) in [6.07, 6.45) is 2.69. The van der Waals surface area contributed by atoms with E-state index in [1.165, 1.54) is 12.1 Å². The monoisotopic (exact) mass is 535 g/mol. The SMILES string of the molecule is CCOc1ccccc1NC(=O)N1Cc2c(CC)nn(-c3ccccc3)c2-n2cccc2[C@@H]1c1ccc(F)cc1. The van der Waals surface area contributed by atoms with E-state index in [-0.39, 0.29) is 11.8 Å². The molecule has 0 aliphatic carbocycles. The summed E-state index contributed by atoms with van der Waals surface area (Å²) in [6.45, 7) is 4.76. The number of nitrogens with zero attached hydrogens (tertiary/aromatic N) is 4. The standard InChI is InChI=1S/C32H30FN5O2/c1-3-26-25-21-37(32(39)34-27-13-8-9-15-29(27)40-4-2)30(22-16-18-23(33)19-17-22)28-14-10-20-36(28)31(25)38(35-26)24-11-6-5-7-12-24/h5-20,30H,3-4,21H2,1-2H3,(H,34,39)/t30-/m0/s1. The number of hydrogen-bond acceptors (Lipinski definition) is 3. The van der Waals surface area contributed by atoms with Crippen molar-refractivity contribution >= 4 is 11.7 Å². The third kappa shape index (κ3) is 4.51. The molecule has 3 aromatic carbocycles. The number of aryl methyl sites for hydroxylation is 1. The second-order valence-corrected chi connectivity index (χ2v) is 9.59. The topological polar surface area (TPSA) is 64.3 Å². The largest absolute Gasteiger partial charge is 0.492 e. The molecule has 202 valence electrons. The number of benzene rings is 3. The maximum absolute atomic E-state index is 14.2. The van der Waals surface area contributed by atoms with E-state index in [0.29, 0.717) is 31.0 Å². The van der Waals surface area contributed by atoms with Gasteiger partial charge in [0.2, 0.25) is 0 Å². The van der Waals surface area contributed by atoms with Crippen molar-refractivity contribution < 1.29 is 13.9 Å². The molecule has 1 aliphatic rings. The van der Waals surface area contributed by atoms with Gasteiger partial charge in [0.1, 0.15) is 17.4 Å². The van der Waals surface area contributed by atoms with Gasteiger partial charge in [-0.3, -0.25) is 0 Å². The van der Waals surface area contributed by atoms with Gasteiger partial charge >= 0.3 is 6.03 Å². The minimum Gasteiger partial charge on any atom is -0.492 e. The van der Waals surface area contributed by atoms with Crippen molar-refractivity contribution in [2.45, 2.75) is 32.9 Å². The molecular weight excluding hydrogens is 505 g/mol. The number of fused-ring (bicyclic) bond motifs is 3. The van der Waals surface area contributed by atoms with Crippen molar-refractivity contribution in [1.29, 1.82) is 0 Å². The maximum Gasteiger partial charge on any atom is 0.323 e. The van der Waals surface area contributed by atoms with Crippen LogP contribution in [0.1, 0.15) is 42.4 Å². The van der Waals surface area contributed by atoms with Crippen LogP contribution >= 0.6 is 0 Å². The second-order valence-electron chi connectivity index (χ2n) is 9.59. The molecular formula is C32H30FN5O2. The summed E-state index contributed by atoms with van der Waals surface area (Å²) in [6, 6.07) is 26.9. The average Bonchev–Trinajstić information content (AvgIpc) is 3.56. The quantitative estimate of drug-likeness (QED) is 0.257. The van der Waals surface area contributed by atoms with Crippen LogP contribution in [0.3, 0.4) is 0 Å². The Morgan fingerprint density at radius 3 is 2.48 bits per heavy atom. The van der Waals surface area contributed by atoms with E-state index in [0.717, 1.165) is 34.0 Å². The number of halogens is 1. The first-order chi connectivity index (χ1) is 19.6. The molecule has 0 unspecified atom stereocenters. The zero-order valence-corrected chi connectivity index (χ0v) is 22.4. The van der Waals surface area contributed by atoms with Crippen LogP contribution in [0.4, 0.5) is 14.9 Å². The van der Waals surface area contributed by atoms with Gasteiger partial charge in [-0.1, -0.05) is 49.4 Å². The molecule has 1 aliphatic heterocycles. The highest BCUT2D eigenvalue weighted by molar-refractivity contribution is 5.91. The van der Waals surface area contributed by atoms with Crippen LogP contribution in [0.5, 0.6) is 5.75 Å². The van der Waals surface area contributed by atoms with Gasteiger partial charge in [-0.15, -0.1) is 0 Å². The number of nitrogens with one attached hydrogen (secondary N) is 1. The van der Waals surface area contributed by atoms with E-state index >= 15 is 0 Å². The van der Waals surface area contributed by atoms with Crippen molar-refractivity contribution in [1.82, 2.24) is 19.2 Å². The molecule has 7 nitrogen and oxygen atoms in total. The van der Waals surface area contributed by atoms with Crippen LogP contribution in [0, 0.1) is 5.82 Å². The van der Waals surface area contributed by atoms with E-state index in [1.807, 2.05) is 84.5 Å². The van der Waals surface area contributed by atoms with Gasteiger partial charge in [-0.25, -0.2) is 13.9 Å². The molecule has 1 N–H and O–H groups in total. The smallest absolute Gasteiger partial charge is 0.323 e. The molecule has 3 heterocycles. The highest BCUT2D eigenvalue weighted by Gasteiger charge is 2.36. The van der Waals surface area contributed by atoms with Crippen LogP contribution in [0.15, 0.2) is 97.2 Å². The molecule has 2 aromatic heterocycles. The normalized spacial score (nSPS) is 14.3. The number of hydrogen-bond donors (Lipinski definition) is 1. The fourth-order valence-corrected chi connectivity index (χ4v) is 5.38. The van der Waals surface area contributed by atoms with Crippen LogP contribution in [0.2, 0.25) is 0 Å². The van der Waals surface area contributed by atoms with Crippen LogP contribution < -0.4 is 10.1 Å². The summed E-state index contributed by atoms with van der Waals surface area (Å²) < 4.78 is 23.8. The number of anilines is 1. The van der Waals surface area contributed by atoms with E-state index in [1.54, 1.807) is 17.0 Å². The summed E-state index contributed by atoms with van der Waals surface area (Å²) in [4.78, 5) is 16.0. The number of rotatable bonds is 6. The summed E-state index contributed by atoms with van der Waals surface area (Å²) in [5.41, 5.74) is 5.06. The van der Waals surface area contributed by atoms with Gasteiger partial charge < -0.3 is 19.5 Å². The lowest BCUT2D eigenvalue weighted by Crippen LogP contribution is -2.38. The molecule has 40 heavy (non-hydrogen) atoms. The first kappa shape index (κ1) is 25.4. The zero-order valence-electron chi connectivity index (χ0n) is 22.4.